The van der Waals surface area contributed by atoms with Gasteiger partial charge in [0.2, 0.25) is 6.36 Å². The van der Waals surface area contributed by atoms with E-state index in [0.29, 0.717) is 12.6 Å². The molecule has 2 atom stereocenters. The number of hydrogen-bond donors (Lipinski definition) is 2. The number of rotatable bonds is 10. The lowest BCUT2D eigenvalue weighted by Crippen LogP contribution is -2.44. The molecule has 2 unspecified atom stereocenters. The van der Waals surface area contributed by atoms with Crippen molar-refractivity contribution < 1.29 is 9.13 Å². The summed E-state index contributed by atoms with van der Waals surface area (Å²) in [6.07, 6.45) is 1.40. The highest BCUT2D eigenvalue weighted by atomic mass is 19.1. The van der Waals surface area contributed by atoms with Crippen LogP contribution in [0, 0.1) is 5.41 Å². The Morgan fingerprint density at radius 1 is 1.16 bits per heavy atom. The zero-order valence-electron chi connectivity index (χ0n) is 13.8. The number of halogens is 1. The average molecular weight is 276 g/mol. The van der Waals surface area contributed by atoms with Crippen LogP contribution in [0.1, 0.15) is 53.9 Å². The van der Waals surface area contributed by atoms with E-state index >= 15 is 0 Å². The molecule has 0 aromatic carbocycles. The standard InChI is InChI=1S/C15H33FN2O/c1-12(17-6)9-8-10-19-13(16)14(2,3)11-15(4,5)18-7/h12-13,17-18H,8-11H2,1-7H3. The molecule has 0 spiro atoms. The van der Waals surface area contributed by atoms with Gasteiger partial charge in [-0.05, 0) is 54.1 Å². The topological polar surface area (TPSA) is 33.3 Å². The van der Waals surface area contributed by atoms with Gasteiger partial charge >= 0.3 is 0 Å². The molecule has 2 N–H and O–H groups in total. The fourth-order valence-corrected chi connectivity index (χ4v) is 2.25. The fourth-order valence-electron chi connectivity index (χ4n) is 2.25. The first-order valence-electron chi connectivity index (χ1n) is 7.26. The fraction of sp³-hybridized carbons (Fsp3) is 1.00. The van der Waals surface area contributed by atoms with Gasteiger partial charge in [0.05, 0.1) is 6.61 Å². The number of ether oxygens (including phenoxy) is 1. The maximum atomic E-state index is 14.2. The van der Waals surface area contributed by atoms with Gasteiger partial charge in [0, 0.05) is 17.0 Å². The van der Waals surface area contributed by atoms with Crippen molar-refractivity contribution in [2.24, 2.45) is 5.41 Å². The molecule has 0 aromatic rings. The minimum atomic E-state index is -1.22. The van der Waals surface area contributed by atoms with E-state index in [1.165, 1.54) is 0 Å². The summed E-state index contributed by atoms with van der Waals surface area (Å²) in [5.41, 5.74) is -0.570. The van der Waals surface area contributed by atoms with Crippen LogP contribution in [0.3, 0.4) is 0 Å². The molecular weight excluding hydrogens is 243 g/mol. The van der Waals surface area contributed by atoms with Gasteiger partial charge in [0.1, 0.15) is 0 Å². The van der Waals surface area contributed by atoms with Gasteiger partial charge < -0.3 is 15.4 Å². The molecule has 0 rings (SSSR count). The summed E-state index contributed by atoms with van der Waals surface area (Å²) in [5, 5.41) is 6.38. The van der Waals surface area contributed by atoms with Gasteiger partial charge in [-0.1, -0.05) is 13.8 Å². The van der Waals surface area contributed by atoms with Crippen molar-refractivity contribution in [1.29, 1.82) is 0 Å². The predicted molar refractivity (Wildman–Crippen MR) is 80.1 cm³/mol. The summed E-state index contributed by atoms with van der Waals surface area (Å²) in [6, 6.07) is 0.456. The molecule has 4 heteroatoms. The maximum absolute atomic E-state index is 14.2. The average Bonchev–Trinajstić information content (AvgIpc) is 2.32. The van der Waals surface area contributed by atoms with Crippen LogP contribution < -0.4 is 10.6 Å². The molecule has 0 radical (unpaired) electrons. The highest BCUT2D eigenvalue weighted by molar-refractivity contribution is 4.85. The zero-order chi connectivity index (χ0) is 15.1. The summed E-state index contributed by atoms with van der Waals surface area (Å²) < 4.78 is 19.6. The Hall–Kier alpha value is -0.190. The van der Waals surface area contributed by atoms with Crippen molar-refractivity contribution in [1.82, 2.24) is 10.6 Å². The molecule has 0 saturated heterocycles. The van der Waals surface area contributed by atoms with Gasteiger partial charge in [-0.15, -0.1) is 0 Å². The monoisotopic (exact) mass is 276 g/mol. The highest BCUT2D eigenvalue weighted by Gasteiger charge is 2.35. The highest BCUT2D eigenvalue weighted by Crippen LogP contribution is 2.33. The maximum Gasteiger partial charge on any atom is 0.203 e. The van der Waals surface area contributed by atoms with Gasteiger partial charge in [-0.2, -0.15) is 0 Å². The summed E-state index contributed by atoms with van der Waals surface area (Å²) in [4.78, 5) is 0. The third kappa shape index (κ3) is 7.85. The molecule has 3 nitrogen and oxygen atoms in total. The quantitative estimate of drug-likeness (QED) is 0.602. The van der Waals surface area contributed by atoms with E-state index in [2.05, 4.69) is 31.4 Å². The number of hydrogen-bond acceptors (Lipinski definition) is 3. The Kier molecular flexibility index (Phi) is 8.09. The minimum absolute atomic E-state index is 0.0855. The van der Waals surface area contributed by atoms with Crippen molar-refractivity contribution in [3.05, 3.63) is 0 Å². The second kappa shape index (κ2) is 8.18. The molecule has 0 heterocycles. The Morgan fingerprint density at radius 3 is 2.21 bits per heavy atom. The molecule has 0 fully saturated rings. The molecule has 0 saturated carbocycles. The molecular formula is C15H33FN2O. The van der Waals surface area contributed by atoms with Crippen LogP contribution in [-0.4, -0.2) is 38.6 Å². The van der Waals surface area contributed by atoms with E-state index in [0.717, 1.165) is 19.3 Å². The van der Waals surface area contributed by atoms with E-state index in [1.54, 1.807) is 0 Å². The normalized spacial score (nSPS) is 16.4. The number of alkyl halides is 1. The first-order valence-corrected chi connectivity index (χ1v) is 7.26. The SMILES string of the molecule is CNC(C)CCCOC(F)C(C)(C)CC(C)(C)NC. The lowest BCUT2D eigenvalue weighted by molar-refractivity contribution is -0.120. The Bertz CT molecular complexity index is 244. The van der Waals surface area contributed by atoms with Crippen molar-refractivity contribution in [3.63, 3.8) is 0 Å². The zero-order valence-corrected chi connectivity index (χ0v) is 13.8. The largest absolute Gasteiger partial charge is 0.348 e. The van der Waals surface area contributed by atoms with Crippen LogP contribution in [0.25, 0.3) is 0 Å². The molecule has 0 aromatic heterocycles. The molecule has 19 heavy (non-hydrogen) atoms. The van der Waals surface area contributed by atoms with Gasteiger partial charge in [0.25, 0.3) is 0 Å². The van der Waals surface area contributed by atoms with Crippen LogP contribution in [0.4, 0.5) is 4.39 Å². The minimum Gasteiger partial charge on any atom is -0.348 e. The third-order valence-corrected chi connectivity index (χ3v) is 3.73. The third-order valence-electron chi connectivity index (χ3n) is 3.73. The van der Waals surface area contributed by atoms with Gasteiger partial charge in [-0.25, -0.2) is 4.39 Å². The molecule has 0 aliphatic heterocycles. The van der Waals surface area contributed by atoms with Crippen LogP contribution in [-0.2, 0) is 4.74 Å². The molecule has 0 aliphatic carbocycles. The van der Waals surface area contributed by atoms with Crippen molar-refractivity contribution in [2.45, 2.75) is 71.8 Å². The Balaban J connectivity index is 4.07. The molecule has 0 bridgehead atoms. The van der Waals surface area contributed by atoms with E-state index in [1.807, 2.05) is 27.9 Å². The van der Waals surface area contributed by atoms with Crippen LogP contribution in [0.15, 0.2) is 0 Å². The van der Waals surface area contributed by atoms with Crippen molar-refractivity contribution in [2.75, 3.05) is 20.7 Å². The first-order chi connectivity index (χ1) is 8.64. The molecule has 0 amide bonds. The van der Waals surface area contributed by atoms with Gasteiger partial charge in [0.15, 0.2) is 0 Å². The Morgan fingerprint density at radius 2 is 1.74 bits per heavy atom. The van der Waals surface area contributed by atoms with Crippen LogP contribution in [0.2, 0.25) is 0 Å². The van der Waals surface area contributed by atoms with E-state index in [4.69, 9.17) is 4.74 Å². The van der Waals surface area contributed by atoms with E-state index in [9.17, 15) is 4.39 Å². The lowest BCUT2D eigenvalue weighted by Gasteiger charge is -2.36. The molecule has 0 aliphatic rings. The smallest absolute Gasteiger partial charge is 0.203 e. The number of nitrogens with one attached hydrogen (secondary N) is 2. The predicted octanol–water partition coefficient (Wildman–Crippen LogP) is 3.10. The summed E-state index contributed by atoms with van der Waals surface area (Å²) in [6.45, 7) is 10.6. The van der Waals surface area contributed by atoms with E-state index < -0.39 is 11.8 Å². The van der Waals surface area contributed by atoms with Crippen molar-refractivity contribution >= 4 is 0 Å². The molecule has 116 valence electrons. The Labute approximate surface area is 118 Å². The van der Waals surface area contributed by atoms with E-state index in [-0.39, 0.29) is 5.54 Å². The van der Waals surface area contributed by atoms with Crippen molar-refractivity contribution in [3.8, 4) is 0 Å². The second-order valence-electron chi connectivity index (χ2n) is 6.82. The second-order valence-corrected chi connectivity index (χ2v) is 6.82. The van der Waals surface area contributed by atoms with Gasteiger partial charge in [-0.3, -0.25) is 0 Å². The van der Waals surface area contributed by atoms with Crippen LogP contribution in [0.5, 0.6) is 0 Å². The lowest BCUT2D eigenvalue weighted by atomic mass is 9.80. The summed E-state index contributed by atoms with van der Waals surface area (Å²) in [5.74, 6) is 0. The summed E-state index contributed by atoms with van der Waals surface area (Å²) in [7, 11) is 3.84. The summed E-state index contributed by atoms with van der Waals surface area (Å²) >= 11 is 0. The first kappa shape index (κ1) is 18.8. The van der Waals surface area contributed by atoms with Crippen LogP contribution >= 0.6 is 0 Å².